The van der Waals surface area contributed by atoms with Gasteiger partial charge in [-0.25, -0.2) is 4.99 Å². The number of carbonyl (C=O) groups is 1. The highest BCUT2D eigenvalue weighted by Crippen LogP contribution is 2.43. The first-order valence-corrected chi connectivity index (χ1v) is 13.5. The fraction of sp³-hybridized carbons (Fsp3) is 0.375. The summed E-state index contributed by atoms with van der Waals surface area (Å²) in [6.07, 6.45) is 3.43. The average molecular weight is 496 g/mol. The van der Waals surface area contributed by atoms with Gasteiger partial charge in [0.2, 0.25) is 0 Å². The van der Waals surface area contributed by atoms with Gasteiger partial charge in [-0.15, -0.1) is 0 Å². The molecular formula is C32H37N3O2. The van der Waals surface area contributed by atoms with Crippen LogP contribution in [0.3, 0.4) is 0 Å². The summed E-state index contributed by atoms with van der Waals surface area (Å²) >= 11 is 0. The first kappa shape index (κ1) is 25.2. The molecule has 3 aromatic rings. The average Bonchev–Trinajstić information content (AvgIpc) is 3.57. The van der Waals surface area contributed by atoms with Crippen LogP contribution >= 0.6 is 0 Å². The van der Waals surface area contributed by atoms with Crippen LogP contribution in [0.1, 0.15) is 67.7 Å². The van der Waals surface area contributed by atoms with Crippen molar-refractivity contribution in [3.05, 3.63) is 107 Å². The predicted molar refractivity (Wildman–Crippen MR) is 148 cm³/mol. The monoisotopic (exact) mass is 495 g/mol. The van der Waals surface area contributed by atoms with E-state index in [0.717, 1.165) is 35.1 Å². The summed E-state index contributed by atoms with van der Waals surface area (Å²) in [4.78, 5) is 19.7. The zero-order valence-electron chi connectivity index (χ0n) is 21.8. The van der Waals surface area contributed by atoms with E-state index in [4.69, 9.17) is 10.7 Å². The molecule has 1 heterocycles. The highest BCUT2D eigenvalue weighted by molar-refractivity contribution is 5.84. The number of hydrogen-bond acceptors (Lipinski definition) is 5. The van der Waals surface area contributed by atoms with E-state index in [1.807, 2.05) is 72.8 Å². The van der Waals surface area contributed by atoms with Gasteiger partial charge < -0.3 is 15.7 Å². The number of nitrogens with zero attached hydrogens (tertiary/aromatic N) is 2. The van der Waals surface area contributed by atoms with Gasteiger partial charge in [-0.3, -0.25) is 4.79 Å². The molecule has 37 heavy (non-hydrogen) atoms. The molecule has 0 bridgehead atoms. The van der Waals surface area contributed by atoms with Crippen LogP contribution in [0.15, 0.2) is 89.9 Å². The molecule has 2 aliphatic rings. The smallest absolute Gasteiger partial charge is 0.195 e. The Morgan fingerprint density at radius 1 is 0.973 bits per heavy atom. The minimum atomic E-state index is -1.01. The number of aliphatic hydroxyl groups is 1. The second-order valence-electron chi connectivity index (χ2n) is 10.7. The second kappa shape index (κ2) is 10.5. The zero-order chi connectivity index (χ0) is 26.0. The lowest BCUT2D eigenvalue weighted by atomic mass is 9.81. The molecule has 5 heteroatoms. The summed E-state index contributed by atoms with van der Waals surface area (Å²) in [5, 5.41) is 11.8. The van der Waals surface area contributed by atoms with Crippen LogP contribution in [0, 0.1) is 11.8 Å². The third-order valence-corrected chi connectivity index (χ3v) is 8.47. The van der Waals surface area contributed by atoms with E-state index in [1.165, 1.54) is 12.8 Å². The van der Waals surface area contributed by atoms with E-state index in [1.54, 1.807) is 4.90 Å². The van der Waals surface area contributed by atoms with Gasteiger partial charge in [0, 0.05) is 18.4 Å². The van der Waals surface area contributed by atoms with Crippen LogP contribution < -0.4 is 5.73 Å². The van der Waals surface area contributed by atoms with Crippen molar-refractivity contribution in [3.63, 3.8) is 0 Å². The van der Waals surface area contributed by atoms with E-state index in [-0.39, 0.29) is 17.8 Å². The lowest BCUT2D eigenvalue weighted by Gasteiger charge is -2.34. The third kappa shape index (κ3) is 4.69. The van der Waals surface area contributed by atoms with Gasteiger partial charge in [-0.1, -0.05) is 112 Å². The van der Waals surface area contributed by atoms with Gasteiger partial charge >= 0.3 is 0 Å². The number of rotatable bonds is 8. The quantitative estimate of drug-likeness (QED) is 0.428. The van der Waals surface area contributed by atoms with Gasteiger partial charge in [0.05, 0.1) is 0 Å². The van der Waals surface area contributed by atoms with Gasteiger partial charge in [0.15, 0.2) is 17.7 Å². The largest absolute Gasteiger partial charge is 0.370 e. The Hall–Kier alpha value is -3.44. The zero-order valence-corrected chi connectivity index (χ0v) is 21.8. The maximum Gasteiger partial charge on any atom is 0.195 e. The van der Waals surface area contributed by atoms with E-state index >= 15 is 0 Å². The maximum atomic E-state index is 13.1. The third-order valence-electron chi connectivity index (χ3n) is 8.47. The number of aliphatic hydroxyl groups excluding tert-OH is 1. The molecule has 5 nitrogen and oxygen atoms in total. The van der Waals surface area contributed by atoms with Crippen molar-refractivity contribution in [2.24, 2.45) is 22.6 Å². The normalized spacial score (nSPS) is 21.0. The van der Waals surface area contributed by atoms with Crippen molar-refractivity contribution in [2.45, 2.75) is 63.8 Å². The molecule has 1 aliphatic carbocycles. The molecule has 2 unspecified atom stereocenters. The van der Waals surface area contributed by atoms with Crippen molar-refractivity contribution in [1.29, 1.82) is 0 Å². The van der Waals surface area contributed by atoms with E-state index < -0.39 is 11.8 Å². The van der Waals surface area contributed by atoms with Crippen molar-refractivity contribution < 1.29 is 9.90 Å². The summed E-state index contributed by atoms with van der Waals surface area (Å²) in [5.74, 6) is 1.03. The minimum absolute atomic E-state index is 0.0221. The van der Waals surface area contributed by atoms with Crippen LogP contribution in [0.4, 0.5) is 0 Å². The highest BCUT2D eigenvalue weighted by atomic mass is 16.3. The van der Waals surface area contributed by atoms with E-state index in [2.05, 4.69) is 26.0 Å². The Labute approximate surface area is 220 Å². The predicted octanol–water partition coefficient (Wildman–Crippen LogP) is 5.58. The van der Waals surface area contributed by atoms with Crippen LogP contribution in [0.25, 0.3) is 0 Å². The summed E-state index contributed by atoms with van der Waals surface area (Å²) < 4.78 is 0. The molecule has 3 atom stereocenters. The van der Waals surface area contributed by atoms with Gasteiger partial charge in [0.1, 0.15) is 5.78 Å². The number of guanidine groups is 1. The SMILES string of the molecule is CC(c1cccc(CN2C(N)=NC(c3ccccc3)(c3ccccc3)C2O)c1)[C@H](C)C(=O)C1CCCC1. The van der Waals surface area contributed by atoms with E-state index in [0.29, 0.717) is 18.3 Å². The van der Waals surface area contributed by atoms with Gasteiger partial charge in [0.25, 0.3) is 0 Å². The number of ketones is 1. The number of hydrogen-bond donors (Lipinski definition) is 2. The number of nitrogens with two attached hydrogens (primary N) is 1. The van der Waals surface area contributed by atoms with Gasteiger partial charge in [-0.2, -0.15) is 0 Å². The molecule has 0 amide bonds. The topological polar surface area (TPSA) is 78.9 Å². The van der Waals surface area contributed by atoms with Crippen LogP contribution in [-0.4, -0.2) is 28.0 Å². The molecule has 3 N–H and O–H groups in total. The Morgan fingerprint density at radius 3 is 2.16 bits per heavy atom. The molecule has 1 aliphatic heterocycles. The minimum Gasteiger partial charge on any atom is -0.370 e. The Morgan fingerprint density at radius 2 is 1.57 bits per heavy atom. The van der Waals surface area contributed by atoms with Crippen molar-refractivity contribution in [1.82, 2.24) is 4.90 Å². The lowest BCUT2D eigenvalue weighted by molar-refractivity contribution is -0.126. The van der Waals surface area contributed by atoms with E-state index in [9.17, 15) is 9.90 Å². The van der Waals surface area contributed by atoms with Gasteiger partial charge in [-0.05, 0) is 41.0 Å². The van der Waals surface area contributed by atoms with Crippen LogP contribution in [0.2, 0.25) is 0 Å². The van der Waals surface area contributed by atoms with Crippen molar-refractivity contribution in [3.8, 4) is 0 Å². The Balaban J connectivity index is 1.40. The molecule has 1 saturated carbocycles. The number of carbonyl (C=O) groups excluding carboxylic acids is 1. The number of aliphatic imine (C=N–C) groups is 1. The Kier molecular flexibility index (Phi) is 7.16. The molecule has 0 aromatic heterocycles. The van der Waals surface area contributed by atoms with Crippen molar-refractivity contribution in [2.75, 3.05) is 0 Å². The molecule has 5 rings (SSSR count). The first-order chi connectivity index (χ1) is 17.9. The molecule has 0 saturated heterocycles. The summed E-state index contributed by atoms with van der Waals surface area (Å²) in [7, 11) is 0. The number of Topliss-reactive ketones (excluding diaryl/α,β-unsaturated/α-hetero) is 1. The molecule has 3 aromatic carbocycles. The van der Waals surface area contributed by atoms with Crippen LogP contribution in [0.5, 0.6) is 0 Å². The summed E-state index contributed by atoms with van der Waals surface area (Å²) in [6.45, 7) is 4.64. The lowest BCUT2D eigenvalue weighted by Crippen LogP contribution is -2.47. The molecule has 192 valence electrons. The molecular weight excluding hydrogens is 458 g/mol. The number of benzene rings is 3. The van der Waals surface area contributed by atoms with Crippen molar-refractivity contribution >= 4 is 11.7 Å². The fourth-order valence-electron chi connectivity index (χ4n) is 6.09. The highest BCUT2D eigenvalue weighted by Gasteiger charge is 2.50. The second-order valence-corrected chi connectivity index (χ2v) is 10.7. The Bertz CT molecular complexity index is 1210. The molecule has 1 fully saturated rings. The summed E-state index contributed by atoms with van der Waals surface area (Å²) in [6, 6.07) is 28.0. The summed E-state index contributed by atoms with van der Waals surface area (Å²) in [5.41, 5.74) is 9.42. The fourth-order valence-corrected chi connectivity index (χ4v) is 6.09. The maximum absolute atomic E-state index is 13.1. The standard InChI is InChI=1S/C32H37N3O2/c1-22(23(2)29(36)25-13-9-10-14-25)26-15-11-12-24(20-26)21-35-30(37)32(34-31(35)33,27-16-5-3-6-17-27)28-18-7-4-8-19-28/h3-8,11-12,15-20,22-23,25,30,37H,9-10,13-14,21H2,1-2H3,(H2,33,34)/t22?,23-,30?/m0/s1. The first-order valence-electron chi connectivity index (χ1n) is 13.5. The van der Waals surface area contributed by atoms with Crippen LogP contribution in [-0.2, 0) is 16.9 Å². The molecule has 0 spiro atoms. The molecule has 0 radical (unpaired) electrons.